The Bertz CT molecular complexity index is 1240. The van der Waals surface area contributed by atoms with Crippen LogP contribution < -0.4 is 16.4 Å². The molecule has 0 radical (unpaired) electrons. The number of nitrogens with zero attached hydrogens (tertiary/aromatic N) is 2. The number of nitrogen functional groups attached to an aromatic ring is 1. The summed E-state index contributed by atoms with van der Waals surface area (Å²) in [5.74, 6) is 0.331. The number of aryl methyl sites for hydroxylation is 1. The minimum atomic E-state index is -1.55. The summed E-state index contributed by atoms with van der Waals surface area (Å²) < 4.78 is 5.78. The number of pyridine rings is 1. The molecule has 1 aliphatic rings. The van der Waals surface area contributed by atoms with Crippen molar-refractivity contribution in [2.45, 2.75) is 26.0 Å². The number of para-hydroxylation sites is 1. The smallest absolute Gasteiger partial charge is 0.259 e. The number of nitrogens with one attached hydrogen (secondary N) is 2. The summed E-state index contributed by atoms with van der Waals surface area (Å²) in [7, 11) is 1.71. The summed E-state index contributed by atoms with van der Waals surface area (Å²) in [6.07, 6.45) is 4.65. The van der Waals surface area contributed by atoms with Crippen LogP contribution in [0.3, 0.4) is 0 Å². The van der Waals surface area contributed by atoms with E-state index in [1.54, 1.807) is 36.4 Å². The quantitative estimate of drug-likeness (QED) is 0.365. The van der Waals surface area contributed by atoms with Crippen LogP contribution in [0.15, 0.2) is 41.0 Å². The van der Waals surface area contributed by atoms with Gasteiger partial charge in [0.1, 0.15) is 5.76 Å². The Kier molecular flexibility index (Phi) is 5.35. The number of benzene rings is 1. The summed E-state index contributed by atoms with van der Waals surface area (Å²) >= 11 is 0. The Balaban J connectivity index is 1.48. The standard InChI is InChI=1S/C23H25N5O4/c1-13-16(15-5-4-6-17(24)20(15)32-13)11-28(3)19(29)8-7-14-9-18-21(25-10-14)27-22(30)23(2,31)12-26-18/h4-10,26,31H,11-12,24H2,1-3H3,(H,25,27,30)/b8-7+/t23-/m1/s1. The van der Waals surface area contributed by atoms with Crippen LogP contribution in [0, 0.1) is 6.92 Å². The van der Waals surface area contributed by atoms with Gasteiger partial charge < -0.3 is 30.8 Å². The summed E-state index contributed by atoms with van der Waals surface area (Å²) in [4.78, 5) is 30.5. The van der Waals surface area contributed by atoms with E-state index >= 15 is 0 Å². The van der Waals surface area contributed by atoms with Gasteiger partial charge in [-0.2, -0.15) is 0 Å². The molecule has 0 saturated heterocycles. The molecule has 166 valence electrons. The van der Waals surface area contributed by atoms with Crippen molar-refractivity contribution in [2.24, 2.45) is 0 Å². The van der Waals surface area contributed by atoms with Crippen LogP contribution in [0.2, 0.25) is 0 Å². The number of carbonyl (C=O) groups is 2. The van der Waals surface area contributed by atoms with Crippen molar-refractivity contribution in [1.82, 2.24) is 9.88 Å². The number of carbonyl (C=O) groups excluding carboxylic acids is 2. The van der Waals surface area contributed by atoms with Crippen LogP contribution in [-0.4, -0.2) is 46.0 Å². The van der Waals surface area contributed by atoms with Crippen molar-refractivity contribution in [3.05, 3.63) is 53.4 Å². The fraction of sp³-hybridized carbons (Fsp3) is 0.261. The van der Waals surface area contributed by atoms with Gasteiger partial charge in [-0.05, 0) is 37.6 Å². The maximum atomic E-state index is 12.7. The van der Waals surface area contributed by atoms with Crippen molar-refractivity contribution < 1.29 is 19.1 Å². The second-order valence-electron chi connectivity index (χ2n) is 8.13. The second kappa shape index (κ2) is 8.01. The van der Waals surface area contributed by atoms with Crippen molar-refractivity contribution in [2.75, 3.05) is 30.0 Å². The number of hydrogen-bond donors (Lipinski definition) is 4. The maximum absolute atomic E-state index is 12.7. The molecule has 3 aromatic rings. The third-order valence-electron chi connectivity index (χ3n) is 5.49. The van der Waals surface area contributed by atoms with E-state index in [-0.39, 0.29) is 12.5 Å². The second-order valence-corrected chi connectivity index (χ2v) is 8.13. The van der Waals surface area contributed by atoms with Gasteiger partial charge in [0.05, 0.1) is 17.9 Å². The van der Waals surface area contributed by atoms with Crippen LogP contribution in [0.4, 0.5) is 17.2 Å². The Morgan fingerprint density at radius 3 is 3.00 bits per heavy atom. The highest BCUT2D eigenvalue weighted by Gasteiger charge is 2.33. The normalized spacial score (nSPS) is 18.2. The molecule has 9 nitrogen and oxygen atoms in total. The van der Waals surface area contributed by atoms with Crippen molar-refractivity contribution >= 4 is 46.1 Å². The molecule has 0 bridgehead atoms. The van der Waals surface area contributed by atoms with E-state index in [9.17, 15) is 14.7 Å². The number of nitrogens with two attached hydrogens (primary N) is 1. The average Bonchev–Trinajstić information content (AvgIpc) is 3.02. The Hall–Kier alpha value is -3.85. The van der Waals surface area contributed by atoms with Crippen LogP contribution in [0.1, 0.15) is 23.8 Å². The summed E-state index contributed by atoms with van der Waals surface area (Å²) in [6, 6.07) is 7.32. The van der Waals surface area contributed by atoms with Gasteiger partial charge in [0.15, 0.2) is 17.0 Å². The van der Waals surface area contributed by atoms with E-state index < -0.39 is 11.5 Å². The molecule has 0 aliphatic carbocycles. The first-order chi connectivity index (χ1) is 15.2. The fourth-order valence-corrected chi connectivity index (χ4v) is 3.51. The molecule has 32 heavy (non-hydrogen) atoms. The lowest BCUT2D eigenvalue weighted by Gasteiger charge is -2.18. The average molecular weight is 435 g/mol. The highest BCUT2D eigenvalue weighted by molar-refractivity contribution is 6.00. The number of aromatic nitrogens is 1. The number of hydrogen-bond acceptors (Lipinski definition) is 7. The van der Waals surface area contributed by atoms with E-state index in [0.29, 0.717) is 34.9 Å². The zero-order valence-corrected chi connectivity index (χ0v) is 18.1. The Morgan fingerprint density at radius 1 is 1.44 bits per heavy atom. The molecule has 1 atom stereocenters. The molecule has 2 amide bonds. The fourth-order valence-electron chi connectivity index (χ4n) is 3.51. The van der Waals surface area contributed by atoms with Crippen molar-refractivity contribution in [1.29, 1.82) is 0 Å². The maximum Gasteiger partial charge on any atom is 0.259 e. The zero-order chi connectivity index (χ0) is 23.0. The minimum absolute atomic E-state index is 0.0465. The number of anilines is 3. The molecule has 0 spiro atoms. The minimum Gasteiger partial charge on any atom is -0.459 e. The van der Waals surface area contributed by atoms with Crippen molar-refractivity contribution in [3.63, 3.8) is 0 Å². The molecule has 0 unspecified atom stereocenters. The third kappa shape index (κ3) is 4.02. The molecule has 9 heteroatoms. The van der Waals surface area contributed by atoms with Gasteiger partial charge in [-0.3, -0.25) is 9.59 Å². The van der Waals surface area contributed by atoms with Gasteiger partial charge in [-0.25, -0.2) is 4.98 Å². The number of β-amino-alcohol motifs (C(OH)–C–C–N with tert-alkyl or cyclic N) is 1. The lowest BCUT2D eigenvalue weighted by molar-refractivity contribution is -0.131. The molecule has 2 aromatic heterocycles. The lowest BCUT2D eigenvalue weighted by atomic mass is 10.1. The summed E-state index contributed by atoms with van der Waals surface area (Å²) in [5.41, 5.74) is 7.79. The molecule has 1 aromatic carbocycles. The SMILES string of the molecule is Cc1oc2c(N)cccc2c1CN(C)C(=O)/C=C/c1cnc2c(c1)NC[C@@](C)(O)C(=O)N2. The highest BCUT2D eigenvalue weighted by Crippen LogP contribution is 2.30. The summed E-state index contributed by atoms with van der Waals surface area (Å²) in [5, 5.41) is 16.6. The number of likely N-dealkylation sites (N-methyl/N-ethyl adjacent to an activating group) is 1. The topological polar surface area (TPSA) is 134 Å². The van der Waals surface area contributed by atoms with Gasteiger partial charge in [-0.1, -0.05) is 12.1 Å². The number of amides is 2. The van der Waals surface area contributed by atoms with Crippen molar-refractivity contribution in [3.8, 4) is 0 Å². The van der Waals surface area contributed by atoms with Gasteiger partial charge in [-0.15, -0.1) is 0 Å². The zero-order valence-electron chi connectivity index (χ0n) is 18.1. The largest absolute Gasteiger partial charge is 0.459 e. The molecular formula is C23H25N5O4. The third-order valence-corrected chi connectivity index (χ3v) is 5.49. The Morgan fingerprint density at radius 2 is 2.22 bits per heavy atom. The first-order valence-corrected chi connectivity index (χ1v) is 10.1. The van der Waals surface area contributed by atoms with E-state index in [1.165, 1.54) is 13.0 Å². The van der Waals surface area contributed by atoms with Gasteiger partial charge >= 0.3 is 0 Å². The predicted molar refractivity (Wildman–Crippen MR) is 123 cm³/mol. The first kappa shape index (κ1) is 21.4. The molecule has 0 fully saturated rings. The van der Waals surface area contributed by atoms with E-state index in [4.69, 9.17) is 10.2 Å². The molecular weight excluding hydrogens is 410 g/mol. The molecule has 3 heterocycles. The summed E-state index contributed by atoms with van der Waals surface area (Å²) in [6.45, 7) is 3.70. The molecule has 0 saturated carbocycles. The first-order valence-electron chi connectivity index (χ1n) is 10.1. The molecule has 4 rings (SSSR count). The van der Waals surface area contributed by atoms with Crippen LogP contribution >= 0.6 is 0 Å². The van der Waals surface area contributed by atoms with Crippen LogP contribution in [0.25, 0.3) is 17.0 Å². The number of furan rings is 1. The molecule has 1 aliphatic heterocycles. The number of rotatable bonds is 4. The van der Waals surface area contributed by atoms with Crippen LogP contribution in [0.5, 0.6) is 0 Å². The number of fused-ring (bicyclic) bond motifs is 2. The lowest BCUT2D eigenvalue weighted by Crippen LogP contribution is -2.43. The monoisotopic (exact) mass is 435 g/mol. The Labute approximate surface area is 184 Å². The van der Waals surface area contributed by atoms with Gasteiger partial charge in [0, 0.05) is 36.8 Å². The molecule has 5 N–H and O–H groups in total. The highest BCUT2D eigenvalue weighted by atomic mass is 16.3. The number of aliphatic hydroxyl groups is 1. The van der Waals surface area contributed by atoms with E-state index in [1.807, 2.05) is 19.1 Å². The van der Waals surface area contributed by atoms with E-state index in [0.717, 1.165) is 16.7 Å². The predicted octanol–water partition coefficient (Wildman–Crippen LogP) is 2.51. The van der Waals surface area contributed by atoms with Crippen LogP contribution in [-0.2, 0) is 16.1 Å². The van der Waals surface area contributed by atoms with Gasteiger partial charge in [0.25, 0.3) is 5.91 Å². The van der Waals surface area contributed by atoms with E-state index in [2.05, 4.69) is 15.6 Å². The van der Waals surface area contributed by atoms with Gasteiger partial charge in [0.2, 0.25) is 5.91 Å².